The molecule has 0 aromatic heterocycles. The van der Waals surface area contributed by atoms with E-state index in [0.717, 1.165) is 11.1 Å². The molecule has 0 N–H and O–H groups in total. The fourth-order valence-electron chi connectivity index (χ4n) is 2.63. The summed E-state index contributed by atoms with van der Waals surface area (Å²) in [7, 11) is 1.32. The van der Waals surface area contributed by atoms with Gasteiger partial charge in [-0.2, -0.15) is 0 Å². The zero-order valence-corrected chi connectivity index (χ0v) is 15.3. The molecule has 1 aromatic carbocycles. The molecule has 0 bridgehead atoms. The van der Waals surface area contributed by atoms with E-state index in [1.54, 1.807) is 20.8 Å². The van der Waals surface area contributed by atoms with Crippen LogP contribution >= 0.6 is 0 Å². The second kappa shape index (κ2) is 8.30. The van der Waals surface area contributed by atoms with Crippen molar-refractivity contribution in [1.29, 1.82) is 0 Å². The molecule has 0 unspecified atom stereocenters. The molecule has 1 fully saturated rings. The maximum absolute atomic E-state index is 12.0. The smallest absolute Gasteiger partial charge is 0.334 e. The molecule has 0 atom stereocenters. The van der Waals surface area contributed by atoms with Gasteiger partial charge in [-0.25, -0.2) is 4.79 Å². The number of ether oxygens (including phenoxy) is 3. The maximum atomic E-state index is 12.0. The van der Waals surface area contributed by atoms with Crippen molar-refractivity contribution in [2.24, 2.45) is 0 Å². The van der Waals surface area contributed by atoms with Crippen LogP contribution in [0.15, 0.2) is 41.5 Å². The lowest BCUT2D eigenvalue weighted by Gasteiger charge is -2.31. The Morgan fingerprint density at radius 3 is 2.32 bits per heavy atom. The summed E-state index contributed by atoms with van der Waals surface area (Å²) >= 11 is 0. The third kappa shape index (κ3) is 6.02. The Hall–Kier alpha value is -2.14. The number of rotatable bonds is 6. The SMILES string of the molecule is COC(=O)C(CC(=O)OC(C)(C)C)=C1CC(OCc2ccccc2)C1. The monoisotopic (exact) mass is 346 g/mol. The van der Waals surface area contributed by atoms with E-state index < -0.39 is 17.5 Å². The topological polar surface area (TPSA) is 61.8 Å². The van der Waals surface area contributed by atoms with Crippen molar-refractivity contribution in [2.45, 2.75) is 58.3 Å². The molecule has 0 radical (unpaired) electrons. The number of carbonyl (C=O) groups excluding carboxylic acids is 2. The van der Waals surface area contributed by atoms with E-state index in [-0.39, 0.29) is 12.5 Å². The van der Waals surface area contributed by atoms with Crippen molar-refractivity contribution >= 4 is 11.9 Å². The van der Waals surface area contributed by atoms with E-state index in [0.29, 0.717) is 25.0 Å². The molecule has 1 saturated carbocycles. The predicted molar refractivity (Wildman–Crippen MR) is 93.8 cm³/mol. The minimum absolute atomic E-state index is 0.0634. The molecular formula is C20H26O5. The van der Waals surface area contributed by atoms with Crippen molar-refractivity contribution in [1.82, 2.24) is 0 Å². The van der Waals surface area contributed by atoms with Gasteiger partial charge < -0.3 is 14.2 Å². The van der Waals surface area contributed by atoms with Crippen molar-refractivity contribution in [3.8, 4) is 0 Å². The highest BCUT2D eigenvalue weighted by Crippen LogP contribution is 2.34. The van der Waals surface area contributed by atoms with Gasteiger partial charge in [0.15, 0.2) is 0 Å². The van der Waals surface area contributed by atoms with Crippen molar-refractivity contribution < 1.29 is 23.8 Å². The van der Waals surface area contributed by atoms with E-state index in [4.69, 9.17) is 14.2 Å². The van der Waals surface area contributed by atoms with Gasteiger partial charge in [0.25, 0.3) is 0 Å². The van der Waals surface area contributed by atoms with Crippen LogP contribution in [0.4, 0.5) is 0 Å². The average molecular weight is 346 g/mol. The number of methoxy groups -OCH3 is 1. The highest BCUT2D eigenvalue weighted by Gasteiger charge is 2.31. The third-order valence-corrected chi connectivity index (χ3v) is 3.88. The molecule has 0 aliphatic heterocycles. The fraction of sp³-hybridized carbons (Fsp3) is 0.500. The van der Waals surface area contributed by atoms with Crippen LogP contribution < -0.4 is 0 Å². The molecule has 5 heteroatoms. The second-order valence-corrected chi connectivity index (χ2v) is 7.16. The standard InChI is InChI=1S/C20H26O5/c1-20(2,3)25-18(21)12-17(19(22)23-4)15-10-16(11-15)24-13-14-8-6-5-7-9-14/h5-9,16H,10-13H2,1-4H3. The molecule has 2 rings (SSSR count). The molecule has 1 aliphatic rings. The molecular weight excluding hydrogens is 320 g/mol. The molecule has 136 valence electrons. The summed E-state index contributed by atoms with van der Waals surface area (Å²) in [6.45, 7) is 5.93. The lowest BCUT2D eigenvalue weighted by atomic mass is 9.83. The van der Waals surface area contributed by atoms with Crippen LogP contribution in [0, 0.1) is 0 Å². The molecule has 0 amide bonds. The zero-order chi connectivity index (χ0) is 18.4. The summed E-state index contributed by atoms with van der Waals surface area (Å²) in [6.07, 6.45) is 1.28. The summed E-state index contributed by atoms with van der Waals surface area (Å²) in [5.41, 5.74) is 1.85. The first-order valence-electron chi connectivity index (χ1n) is 8.45. The molecule has 25 heavy (non-hydrogen) atoms. The predicted octanol–water partition coefficient (Wildman–Crippen LogP) is 3.57. The van der Waals surface area contributed by atoms with Gasteiger partial charge in [0, 0.05) is 5.57 Å². The van der Waals surface area contributed by atoms with E-state index in [2.05, 4.69) is 0 Å². The van der Waals surface area contributed by atoms with Crippen LogP contribution in [0.2, 0.25) is 0 Å². The van der Waals surface area contributed by atoms with E-state index in [9.17, 15) is 9.59 Å². The summed E-state index contributed by atoms with van der Waals surface area (Å²) < 4.78 is 16.0. The Bertz CT molecular complexity index is 632. The minimum atomic E-state index is -0.579. The second-order valence-electron chi connectivity index (χ2n) is 7.16. The van der Waals surface area contributed by atoms with E-state index >= 15 is 0 Å². The molecule has 0 heterocycles. The quantitative estimate of drug-likeness (QED) is 0.582. The maximum Gasteiger partial charge on any atom is 0.334 e. The first-order chi connectivity index (χ1) is 11.8. The molecule has 5 nitrogen and oxygen atoms in total. The van der Waals surface area contributed by atoms with Crippen molar-refractivity contribution in [3.63, 3.8) is 0 Å². The van der Waals surface area contributed by atoms with Gasteiger partial charge in [-0.1, -0.05) is 35.9 Å². The summed E-state index contributed by atoms with van der Waals surface area (Å²) in [5.74, 6) is -0.892. The Kier molecular flexibility index (Phi) is 6.37. The van der Waals surface area contributed by atoms with Crippen LogP contribution in [0.3, 0.4) is 0 Å². The summed E-state index contributed by atoms with van der Waals surface area (Å²) in [4.78, 5) is 24.0. The van der Waals surface area contributed by atoms with Crippen LogP contribution in [0.5, 0.6) is 0 Å². The first-order valence-corrected chi connectivity index (χ1v) is 8.45. The molecule has 0 saturated heterocycles. The minimum Gasteiger partial charge on any atom is -0.466 e. The van der Waals surface area contributed by atoms with Crippen LogP contribution in [-0.2, 0) is 30.4 Å². The number of benzene rings is 1. The zero-order valence-electron chi connectivity index (χ0n) is 15.3. The van der Waals surface area contributed by atoms with Crippen LogP contribution in [0.25, 0.3) is 0 Å². The number of hydrogen-bond acceptors (Lipinski definition) is 5. The van der Waals surface area contributed by atoms with Crippen LogP contribution in [0.1, 0.15) is 45.6 Å². The number of carbonyl (C=O) groups is 2. The third-order valence-electron chi connectivity index (χ3n) is 3.88. The first kappa shape index (κ1) is 19.2. The van der Waals surface area contributed by atoms with Gasteiger partial charge in [0.2, 0.25) is 0 Å². The van der Waals surface area contributed by atoms with Gasteiger partial charge in [0.1, 0.15) is 5.60 Å². The number of hydrogen-bond donors (Lipinski definition) is 0. The molecule has 1 aromatic rings. The van der Waals surface area contributed by atoms with Crippen molar-refractivity contribution in [3.05, 3.63) is 47.0 Å². The summed E-state index contributed by atoms with van der Waals surface area (Å²) in [6, 6.07) is 9.94. The lowest BCUT2D eigenvalue weighted by Crippen LogP contribution is -2.29. The fourth-order valence-corrected chi connectivity index (χ4v) is 2.63. The van der Waals surface area contributed by atoms with Crippen LogP contribution in [-0.4, -0.2) is 30.8 Å². The largest absolute Gasteiger partial charge is 0.466 e. The summed E-state index contributed by atoms with van der Waals surface area (Å²) in [5, 5.41) is 0. The Labute approximate surface area is 149 Å². The van der Waals surface area contributed by atoms with Gasteiger partial charge in [-0.3, -0.25) is 4.79 Å². The highest BCUT2D eigenvalue weighted by molar-refractivity contribution is 5.95. The van der Waals surface area contributed by atoms with Gasteiger partial charge in [-0.05, 0) is 39.2 Å². The van der Waals surface area contributed by atoms with Crippen molar-refractivity contribution in [2.75, 3.05) is 7.11 Å². The van der Waals surface area contributed by atoms with Gasteiger partial charge >= 0.3 is 11.9 Å². The van der Waals surface area contributed by atoms with E-state index in [1.165, 1.54) is 7.11 Å². The normalized spacial score (nSPS) is 16.8. The Morgan fingerprint density at radius 2 is 1.76 bits per heavy atom. The van der Waals surface area contributed by atoms with Gasteiger partial charge in [0.05, 0.1) is 26.2 Å². The van der Waals surface area contributed by atoms with Gasteiger partial charge in [-0.15, -0.1) is 0 Å². The Morgan fingerprint density at radius 1 is 1.12 bits per heavy atom. The number of esters is 2. The molecule has 0 spiro atoms. The average Bonchev–Trinajstić information content (AvgIpc) is 2.50. The highest BCUT2D eigenvalue weighted by atomic mass is 16.6. The molecule has 1 aliphatic carbocycles. The Balaban J connectivity index is 1.92. The van der Waals surface area contributed by atoms with E-state index in [1.807, 2.05) is 30.3 Å². The lowest BCUT2D eigenvalue weighted by molar-refractivity contribution is -0.155.